The second-order valence-electron chi connectivity index (χ2n) is 6.82. The second-order valence-corrected chi connectivity index (χ2v) is 6.82. The summed E-state index contributed by atoms with van der Waals surface area (Å²) in [6, 6.07) is 11.2. The Labute approximate surface area is 162 Å². The topological polar surface area (TPSA) is 93.3 Å². The predicted octanol–water partition coefficient (Wildman–Crippen LogP) is 2.13. The highest BCUT2D eigenvalue weighted by atomic mass is 16.4. The average molecular weight is 379 g/mol. The van der Waals surface area contributed by atoms with E-state index in [1.54, 1.807) is 10.9 Å². The molecule has 0 bridgehead atoms. The summed E-state index contributed by atoms with van der Waals surface area (Å²) < 4.78 is 3.64. The summed E-state index contributed by atoms with van der Waals surface area (Å²) in [5.41, 5.74) is 3.24. The summed E-state index contributed by atoms with van der Waals surface area (Å²) >= 11 is 0. The fourth-order valence-corrected chi connectivity index (χ4v) is 3.41. The summed E-state index contributed by atoms with van der Waals surface area (Å²) in [5, 5.41) is 17.5. The minimum absolute atomic E-state index is 0.0197. The number of hydrogen-bond donors (Lipinski definition) is 1. The molecule has 1 aliphatic heterocycles. The van der Waals surface area contributed by atoms with Crippen LogP contribution in [0.3, 0.4) is 0 Å². The molecule has 1 amide bonds. The summed E-state index contributed by atoms with van der Waals surface area (Å²) in [6.07, 6.45) is 4.84. The van der Waals surface area contributed by atoms with E-state index in [2.05, 4.69) is 10.2 Å². The number of nitrogens with zero attached hydrogens (tertiary/aromatic N) is 5. The van der Waals surface area contributed by atoms with Crippen molar-refractivity contribution in [1.29, 1.82) is 0 Å². The number of amides is 1. The van der Waals surface area contributed by atoms with E-state index >= 15 is 0 Å². The third-order valence-electron chi connectivity index (χ3n) is 4.83. The van der Waals surface area contributed by atoms with Crippen molar-refractivity contribution < 1.29 is 14.7 Å². The molecule has 8 heteroatoms. The smallest absolute Gasteiger partial charge is 0.303 e. The van der Waals surface area contributed by atoms with Crippen LogP contribution in [0, 0.1) is 0 Å². The molecule has 0 saturated carbocycles. The molecular formula is C20H21N5O3. The summed E-state index contributed by atoms with van der Waals surface area (Å²) in [5.74, 6) is -0.854. The van der Waals surface area contributed by atoms with E-state index < -0.39 is 5.97 Å². The molecule has 3 aromatic rings. The van der Waals surface area contributed by atoms with Crippen molar-refractivity contribution in [3.8, 4) is 5.69 Å². The Bertz CT molecular complexity index is 976. The van der Waals surface area contributed by atoms with Crippen molar-refractivity contribution in [3.63, 3.8) is 0 Å². The molecule has 0 unspecified atom stereocenters. The first-order valence-electron chi connectivity index (χ1n) is 9.27. The highest BCUT2D eigenvalue weighted by Crippen LogP contribution is 2.18. The molecule has 4 rings (SSSR count). The number of carboxylic acid groups (broad SMARTS) is 1. The van der Waals surface area contributed by atoms with Crippen molar-refractivity contribution in [2.75, 3.05) is 6.54 Å². The number of benzene rings is 1. The van der Waals surface area contributed by atoms with E-state index in [4.69, 9.17) is 5.11 Å². The molecule has 0 aliphatic carbocycles. The lowest BCUT2D eigenvalue weighted by atomic mass is 10.1. The number of carbonyl (C=O) groups excluding carboxylic acids is 1. The largest absolute Gasteiger partial charge is 0.481 e. The third-order valence-corrected chi connectivity index (χ3v) is 4.83. The molecule has 1 N–H and O–H groups in total. The van der Waals surface area contributed by atoms with E-state index in [0.717, 1.165) is 30.0 Å². The van der Waals surface area contributed by atoms with Gasteiger partial charge in [0.15, 0.2) is 0 Å². The summed E-state index contributed by atoms with van der Waals surface area (Å²) in [7, 11) is 0. The van der Waals surface area contributed by atoms with Crippen molar-refractivity contribution in [2.45, 2.75) is 32.4 Å². The zero-order valence-electron chi connectivity index (χ0n) is 15.4. The van der Waals surface area contributed by atoms with E-state index in [-0.39, 0.29) is 12.3 Å². The number of carboxylic acids is 1. The van der Waals surface area contributed by atoms with Crippen molar-refractivity contribution in [3.05, 3.63) is 65.7 Å². The van der Waals surface area contributed by atoms with Gasteiger partial charge in [0.25, 0.3) is 5.91 Å². The van der Waals surface area contributed by atoms with Crippen LogP contribution in [0.5, 0.6) is 0 Å². The van der Waals surface area contributed by atoms with Crippen LogP contribution in [0.15, 0.2) is 48.8 Å². The molecular weight excluding hydrogens is 358 g/mol. The van der Waals surface area contributed by atoms with E-state index in [0.29, 0.717) is 25.1 Å². The number of aromatic nitrogens is 4. The van der Waals surface area contributed by atoms with Gasteiger partial charge in [-0.15, -0.1) is 0 Å². The summed E-state index contributed by atoms with van der Waals surface area (Å²) in [4.78, 5) is 25.6. The highest BCUT2D eigenvalue weighted by molar-refractivity contribution is 5.94. The van der Waals surface area contributed by atoms with E-state index in [1.165, 1.54) is 0 Å². The zero-order chi connectivity index (χ0) is 19.5. The van der Waals surface area contributed by atoms with Gasteiger partial charge in [-0.1, -0.05) is 0 Å². The highest BCUT2D eigenvalue weighted by Gasteiger charge is 2.22. The van der Waals surface area contributed by atoms with E-state index in [1.807, 2.05) is 52.2 Å². The quantitative estimate of drug-likeness (QED) is 0.733. The van der Waals surface area contributed by atoms with E-state index in [9.17, 15) is 9.59 Å². The molecule has 1 aliphatic rings. The number of carbonyl (C=O) groups is 2. The molecule has 144 valence electrons. The number of hydrogen-bond acceptors (Lipinski definition) is 4. The molecule has 3 heterocycles. The van der Waals surface area contributed by atoms with Crippen LogP contribution in [0.4, 0.5) is 0 Å². The zero-order valence-corrected chi connectivity index (χ0v) is 15.4. The lowest BCUT2D eigenvalue weighted by Gasteiger charge is -2.20. The first-order chi connectivity index (χ1) is 13.6. The van der Waals surface area contributed by atoms with Crippen LogP contribution in [0.2, 0.25) is 0 Å². The normalized spacial score (nSPS) is 13.8. The SMILES string of the molecule is O=C(O)CCc1cc2n(n1)CCCN(C(=O)c1ccc(-n3cccn3)cc1)C2. The maximum Gasteiger partial charge on any atom is 0.303 e. The minimum Gasteiger partial charge on any atom is -0.481 e. The Morgan fingerprint density at radius 1 is 1.14 bits per heavy atom. The van der Waals surface area contributed by atoms with Gasteiger partial charge < -0.3 is 10.0 Å². The molecule has 8 nitrogen and oxygen atoms in total. The Morgan fingerprint density at radius 2 is 1.96 bits per heavy atom. The number of fused-ring (bicyclic) bond motifs is 1. The number of rotatable bonds is 5. The molecule has 1 aromatic carbocycles. The van der Waals surface area contributed by atoms with Gasteiger partial charge in [-0.25, -0.2) is 4.68 Å². The van der Waals surface area contributed by atoms with Gasteiger partial charge in [0.2, 0.25) is 0 Å². The van der Waals surface area contributed by atoms with Crippen molar-refractivity contribution in [1.82, 2.24) is 24.5 Å². The Morgan fingerprint density at radius 3 is 2.68 bits per heavy atom. The third kappa shape index (κ3) is 3.80. The molecule has 0 fully saturated rings. The molecule has 2 aromatic heterocycles. The fourth-order valence-electron chi connectivity index (χ4n) is 3.41. The molecule has 0 atom stereocenters. The molecule has 0 spiro atoms. The average Bonchev–Trinajstić information content (AvgIpc) is 3.32. The number of aryl methyl sites for hydroxylation is 2. The van der Waals surface area contributed by atoms with Gasteiger partial charge in [0, 0.05) is 37.5 Å². The van der Waals surface area contributed by atoms with Crippen LogP contribution >= 0.6 is 0 Å². The Kier molecular flexibility index (Phi) is 4.92. The monoisotopic (exact) mass is 379 g/mol. The predicted molar refractivity (Wildman–Crippen MR) is 101 cm³/mol. The molecule has 0 radical (unpaired) electrons. The van der Waals surface area contributed by atoms with Crippen LogP contribution < -0.4 is 0 Å². The van der Waals surface area contributed by atoms with Crippen molar-refractivity contribution >= 4 is 11.9 Å². The van der Waals surface area contributed by atoms with Gasteiger partial charge in [0.1, 0.15) is 0 Å². The maximum atomic E-state index is 13.0. The van der Waals surface area contributed by atoms with Crippen LogP contribution in [0.25, 0.3) is 5.69 Å². The Hall–Kier alpha value is -3.42. The lowest BCUT2D eigenvalue weighted by Crippen LogP contribution is -2.30. The second kappa shape index (κ2) is 7.67. The fraction of sp³-hybridized carbons (Fsp3) is 0.300. The molecule has 0 saturated heterocycles. The lowest BCUT2D eigenvalue weighted by molar-refractivity contribution is -0.136. The maximum absolute atomic E-state index is 13.0. The standard InChI is InChI=1S/C20H21N5O3/c26-19(27)8-5-16-13-18-14-23(10-2-12-25(18)22-16)20(28)15-3-6-17(7-4-15)24-11-1-9-21-24/h1,3-4,6-7,9,11,13H,2,5,8,10,12,14H2,(H,26,27). The first-order valence-corrected chi connectivity index (χ1v) is 9.27. The van der Waals surface area contributed by atoms with Crippen molar-refractivity contribution in [2.24, 2.45) is 0 Å². The van der Waals surface area contributed by atoms with Gasteiger partial charge in [0.05, 0.1) is 30.0 Å². The van der Waals surface area contributed by atoms with Crippen LogP contribution in [-0.2, 0) is 24.3 Å². The van der Waals surface area contributed by atoms with Gasteiger partial charge >= 0.3 is 5.97 Å². The number of aliphatic carboxylic acids is 1. The minimum atomic E-state index is -0.835. The molecule has 28 heavy (non-hydrogen) atoms. The summed E-state index contributed by atoms with van der Waals surface area (Å²) in [6.45, 7) is 1.86. The van der Waals surface area contributed by atoms with Crippen LogP contribution in [0.1, 0.15) is 34.6 Å². The Balaban J connectivity index is 1.48. The first kappa shape index (κ1) is 18.0. The van der Waals surface area contributed by atoms with Crippen LogP contribution in [-0.4, -0.2) is 48.0 Å². The van der Waals surface area contributed by atoms with Gasteiger partial charge in [-0.05, 0) is 42.8 Å². The van der Waals surface area contributed by atoms with Gasteiger partial charge in [-0.3, -0.25) is 14.3 Å². The van der Waals surface area contributed by atoms with Gasteiger partial charge in [-0.2, -0.15) is 10.2 Å².